The number of hydrogen-bond donors (Lipinski definition) is 1. The minimum atomic E-state index is -3.54. The summed E-state index contributed by atoms with van der Waals surface area (Å²) in [5.74, 6) is 0.686. The van der Waals surface area contributed by atoms with Gasteiger partial charge in [-0.2, -0.15) is 4.31 Å². The highest BCUT2D eigenvalue weighted by atomic mass is 32.2. The Labute approximate surface area is 128 Å². The molecule has 114 valence electrons. The summed E-state index contributed by atoms with van der Waals surface area (Å²) in [7, 11) is -0.522. The van der Waals surface area contributed by atoms with Crippen molar-refractivity contribution in [2.75, 3.05) is 20.7 Å². The zero-order valence-corrected chi connectivity index (χ0v) is 13.4. The molecule has 0 saturated carbocycles. The smallest absolute Gasteiger partial charge is 0.252 e. The quantitative estimate of drug-likeness (QED) is 0.882. The van der Waals surface area contributed by atoms with Crippen LogP contribution in [0.15, 0.2) is 46.0 Å². The van der Waals surface area contributed by atoms with Gasteiger partial charge in [-0.15, -0.1) is 11.3 Å². The molecule has 1 unspecified atom stereocenters. The van der Waals surface area contributed by atoms with Gasteiger partial charge in [0.1, 0.15) is 9.96 Å². The van der Waals surface area contributed by atoms with Gasteiger partial charge in [-0.1, -0.05) is 18.2 Å². The van der Waals surface area contributed by atoms with Gasteiger partial charge in [-0.05, 0) is 29.1 Å². The topological polar surface area (TPSA) is 66.8 Å². The van der Waals surface area contributed by atoms with Gasteiger partial charge < -0.3 is 9.84 Å². The van der Waals surface area contributed by atoms with E-state index >= 15 is 0 Å². The summed E-state index contributed by atoms with van der Waals surface area (Å²) in [6.07, 6.45) is -0.893. The number of likely N-dealkylation sites (N-methyl/N-ethyl adjacent to an activating group) is 1. The molecule has 1 aromatic carbocycles. The molecule has 0 aliphatic carbocycles. The number of ether oxygens (including phenoxy) is 1. The predicted molar refractivity (Wildman–Crippen MR) is 82.1 cm³/mol. The summed E-state index contributed by atoms with van der Waals surface area (Å²) in [5.41, 5.74) is 0.643. The maximum absolute atomic E-state index is 12.3. The van der Waals surface area contributed by atoms with Gasteiger partial charge in [-0.25, -0.2) is 8.42 Å². The van der Waals surface area contributed by atoms with Crippen LogP contribution in [0.1, 0.15) is 11.7 Å². The molecule has 0 amide bonds. The van der Waals surface area contributed by atoms with E-state index in [0.29, 0.717) is 11.3 Å². The molecule has 21 heavy (non-hydrogen) atoms. The van der Waals surface area contributed by atoms with Crippen LogP contribution in [0, 0.1) is 0 Å². The molecule has 2 rings (SSSR count). The van der Waals surface area contributed by atoms with Crippen LogP contribution < -0.4 is 4.74 Å². The normalized spacial score (nSPS) is 13.3. The first-order valence-corrected chi connectivity index (χ1v) is 8.59. The van der Waals surface area contributed by atoms with Crippen LogP contribution in [0.2, 0.25) is 0 Å². The van der Waals surface area contributed by atoms with Gasteiger partial charge in [0, 0.05) is 13.6 Å². The van der Waals surface area contributed by atoms with Gasteiger partial charge in [0.15, 0.2) is 0 Å². The summed E-state index contributed by atoms with van der Waals surface area (Å²) < 4.78 is 31.0. The van der Waals surface area contributed by atoms with Crippen molar-refractivity contribution in [3.63, 3.8) is 0 Å². The highest BCUT2D eigenvalue weighted by Crippen LogP contribution is 2.23. The fourth-order valence-corrected chi connectivity index (χ4v) is 4.22. The Morgan fingerprint density at radius 3 is 2.48 bits per heavy atom. The van der Waals surface area contributed by atoms with E-state index in [1.165, 1.54) is 7.05 Å². The van der Waals surface area contributed by atoms with Crippen molar-refractivity contribution < 1.29 is 18.3 Å². The van der Waals surface area contributed by atoms with Crippen LogP contribution in [-0.4, -0.2) is 38.5 Å². The molecule has 7 heteroatoms. The molecule has 1 aromatic heterocycles. The lowest BCUT2D eigenvalue weighted by Crippen LogP contribution is -2.30. The van der Waals surface area contributed by atoms with Crippen molar-refractivity contribution in [2.45, 2.75) is 10.3 Å². The van der Waals surface area contributed by atoms with Crippen molar-refractivity contribution >= 4 is 21.4 Å². The van der Waals surface area contributed by atoms with Crippen molar-refractivity contribution in [1.29, 1.82) is 0 Å². The zero-order chi connectivity index (χ0) is 15.5. The van der Waals surface area contributed by atoms with E-state index in [2.05, 4.69) is 0 Å². The minimum Gasteiger partial charge on any atom is -0.497 e. The van der Waals surface area contributed by atoms with E-state index in [0.717, 1.165) is 15.6 Å². The number of methoxy groups -OCH3 is 1. The third-order valence-electron chi connectivity index (χ3n) is 3.09. The Hall–Kier alpha value is -1.41. The minimum absolute atomic E-state index is 0.00738. The molecule has 0 fully saturated rings. The fraction of sp³-hybridized carbons (Fsp3) is 0.286. The highest BCUT2D eigenvalue weighted by Gasteiger charge is 2.24. The molecule has 1 heterocycles. The van der Waals surface area contributed by atoms with E-state index in [9.17, 15) is 13.5 Å². The maximum atomic E-state index is 12.3. The third-order valence-corrected chi connectivity index (χ3v) is 6.29. The van der Waals surface area contributed by atoms with E-state index < -0.39 is 16.1 Å². The second kappa shape index (κ2) is 6.57. The van der Waals surface area contributed by atoms with Crippen LogP contribution in [-0.2, 0) is 10.0 Å². The molecule has 0 aliphatic rings. The second-order valence-electron chi connectivity index (χ2n) is 4.51. The molecule has 0 bridgehead atoms. The number of hydrogen-bond acceptors (Lipinski definition) is 5. The molecule has 0 spiro atoms. The third kappa shape index (κ3) is 3.62. The van der Waals surface area contributed by atoms with Crippen LogP contribution in [0.3, 0.4) is 0 Å². The molecule has 1 N–H and O–H groups in total. The first-order valence-electron chi connectivity index (χ1n) is 6.27. The number of nitrogens with zero attached hydrogens (tertiary/aromatic N) is 1. The summed E-state index contributed by atoms with van der Waals surface area (Å²) in [6, 6.07) is 10.1. The Balaban J connectivity index is 2.09. The maximum Gasteiger partial charge on any atom is 0.252 e. The molecule has 1 atom stereocenters. The Morgan fingerprint density at radius 2 is 1.95 bits per heavy atom. The summed E-state index contributed by atoms with van der Waals surface area (Å²) in [4.78, 5) is 0. The lowest BCUT2D eigenvalue weighted by molar-refractivity contribution is 0.155. The van der Waals surface area contributed by atoms with Gasteiger partial charge >= 0.3 is 0 Å². The van der Waals surface area contributed by atoms with E-state index in [1.807, 2.05) is 0 Å². The zero-order valence-electron chi connectivity index (χ0n) is 11.8. The van der Waals surface area contributed by atoms with Crippen LogP contribution in [0.25, 0.3) is 0 Å². The number of benzene rings is 1. The van der Waals surface area contributed by atoms with Crippen molar-refractivity contribution in [3.05, 3.63) is 47.3 Å². The Morgan fingerprint density at radius 1 is 1.29 bits per heavy atom. The number of thiophene rings is 1. The molecular weight excluding hydrogens is 310 g/mol. The van der Waals surface area contributed by atoms with Crippen LogP contribution in [0.5, 0.6) is 5.75 Å². The molecule has 0 aliphatic heterocycles. The van der Waals surface area contributed by atoms with Crippen LogP contribution >= 0.6 is 11.3 Å². The van der Waals surface area contributed by atoms with Crippen LogP contribution in [0.4, 0.5) is 0 Å². The number of rotatable bonds is 6. The van der Waals surface area contributed by atoms with Crippen molar-refractivity contribution in [2.24, 2.45) is 0 Å². The summed E-state index contributed by atoms with van der Waals surface area (Å²) in [5, 5.41) is 11.9. The molecule has 5 nitrogen and oxygen atoms in total. The Bertz CT molecular complexity index is 666. The monoisotopic (exact) mass is 327 g/mol. The number of aliphatic hydroxyl groups is 1. The van der Waals surface area contributed by atoms with E-state index in [-0.39, 0.29) is 10.8 Å². The van der Waals surface area contributed by atoms with Gasteiger partial charge in [-0.3, -0.25) is 0 Å². The van der Waals surface area contributed by atoms with Gasteiger partial charge in [0.2, 0.25) is 0 Å². The second-order valence-corrected chi connectivity index (χ2v) is 7.73. The van der Waals surface area contributed by atoms with Gasteiger partial charge in [0.05, 0.1) is 13.2 Å². The molecule has 2 aromatic rings. The molecular formula is C14H17NO4S2. The highest BCUT2D eigenvalue weighted by molar-refractivity contribution is 7.91. The first kappa shape index (κ1) is 16.0. The van der Waals surface area contributed by atoms with Crippen molar-refractivity contribution in [3.8, 4) is 5.75 Å². The number of aliphatic hydroxyl groups excluding tert-OH is 1. The molecule has 0 radical (unpaired) electrons. The Kier molecular flexibility index (Phi) is 5.00. The fourth-order valence-electron chi connectivity index (χ4n) is 1.84. The van der Waals surface area contributed by atoms with E-state index in [1.54, 1.807) is 48.9 Å². The standard InChI is InChI=1S/C14H17NO4S2/c1-15(21(17,18)14-4-3-9-20-14)10-13(16)11-5-7-12(19-2)8-6-11/h3-9,13,16H,10H2,1-2H3. The lowest BCUT2D eigenvalue weighted by Gasteiger charge is -2.20. The van der Waals surface area contributed by atoms with E-state index in [4.69, 9.17) is 4.74 Å². The predicted octanol–water partition coefficient (Wildman–Crippen LogP) is 2.11. The number of sulfonamides is 1. The molecule has 0 saturated heterocycles. The summed E-state index contributed by atoms with van der Waals surface area (Å²) >= 11 is 1.16. The first-order chi connectivity index (χ1) is 9.95. The lowest BCUT2D eigenvalue weighted by atomic mass is 10.1. The van der Waals surface area contributed by atoms with Crippen molar-refractivity contribution in [1.82, 2.24) is 4.31 Å². The van der Waals surface area contributed by atoms with Gasteiger partial charge in [0.25, 0.3) is 10.0 Å². The average Bonchev–Trinajstić information content (AvgIpc) is 3.02. The average molecular weight is 327 g/mol. The summed E-state index contributed by atoms with van der Waals surface area (Å²) in [6.45, 7) is -0.00738. The largest absolute Gasteiger partial charge is 0.497 e. The SMILES string of the molecule is COc1ccc(C(O)CN(C)S(=O)(=O)c2cccs2)cc1.